The van der Waals surface area contributed by atoms with Crippen LogP contribution in [0.2, 0.25) is 0 Å². The normalized spacial score (nSPS) is 16.6. The van der Waals surface area contributed by atoms with Gasteiger partial charge in [0.2, 0.25) is 0 Å². The maximum atomic E-state index is 13.1. The Hall–Kier alpha value is -3.53. The van der Waals surface area contributed by atoms with Gasteiger partial charge >= 0.3 is 0 Å². The zero-order valence-electron chi connectivity index (χ0n) is 18.9. The lowest BCUT2D eigenvalue weighted by Gasteiger charge is -2.33. The summed E-state index contributed by atoms with van der Waals surface area (Å²) in [5.74, 6) is 1.45. The summed E-state index contributed by atoms with van der Waals surface area (Å²) < 4.78 is 5.54. The molecule has 3 aromatic rings. The van der Waals surface area contributed by atoms with E-state index in [1.165, 1.54) is 0 Å². The Morgan fingerprint density at radius 1 is 1.25 bits per heavy atom. The molecular weight excluding hydrogens is 402 g/mol. The summed E-state index contributed by atoms with van der Waals surface area (Å²) in [5, 5.41) is 13.0. The van der Waals surface area contributed by atoms with Gasteiger partial charge in [-0.3, -0.25) is 4.79 Å². The molecule has 0 aliphatic carbocycles. The summed E-state index contributed by atoms with van der Waals surface area (Å²) >= 11 is 0. The Labute approximate surface area is 188 Å². The van der Waals surface area contributed by atoms with Gasteiger partial charge in [0.25, 0.3) is 5.91 Å². The van der Waals surface area contributed by atoms with Crippen molar-refractivity contribution < 1.29 is 9.32 Å². The third-order valence-electron chi connectivity index (χ3n) is 5.74. The number of aromatic nitrogens is 3. The Morgan fingerprint density at radius 3 is 2.62 bits per heavy atom. The van der Waals surface area contributed by atoms with Gasteiger partial charge in [0.05, 0.1) is 28.6 Å². The first-order valence-electron chi connectivity index (χ1n) is 10.9. The fraction of sp³-hybridized carbons (Fsp3) is 0.400. The first-order chi connectivity index (χ1) is 15.3. The van der Waals surface area contributed by atoms with Gasteiger partial charge in [0, 0.05) is 42.2 Å². The van der Waals surface area contributed by atoms with Crippen molar-refractivity contribution in [1.82, 2.24) is 20.0 Å². The predicted octanol–water partition coefficient (Wildman–Crippen LogP) is 4.63. The molecule has 3 heterocycles. The van der Waals surface area contributed by atoms with E-state index < -0.39 is 0 Å². The third-order valence-corrected chi connectivity index (χ3v) is 5.74. The number of piperidine rings is 1. The fourth-order valence-electron chi connectivity index (χ4n) is 4.00. The summed E-state index contributed by atoms with van der Waals surface area (Å²) in [6, 6.07) is 10.8. The highest BCUT2D eigenvalue weighted by Gasteiger charge is 2.30. The molecule has 1 aliphatic rings. The topological polar surface area (TPSA) is 95.9 Å². The molecule has 1 aliphatic heterocycles. The number of nitrogens with zero attached hydrogens (tertiary/aromatic N) is 5. The quantitative estimate of drug-likeness (QED) is 0.602. The van der Waals surface area contributed by atoms with Crippen molar-refractivity contribution in [2.24, 2.45) is 0 Å². The number of carbonyl (C=O) groups is 1. The molecule has 1 atom stereocenters. The number of hydrogen-bond acceptors (Lipinski definition) is 6. The minimum atomic E-state index is -0.197. The van der Waals surface area contributed by atoms with Crippen molar-refractivity contribution in [3.63, 3.8) is 0 Å². The van der Waals surface area contributed by atoms with Crippen LogP contribution in [0.15, 0.2) is 41.1 Å². The Balaban J connectivity index is 1.67. The molecule has 0 N–H and O–H groups in total. The lowest BCUT2D eigenvalue weighted by Crippen LogP contribution is -2.39. The van der Waals surface area contributed by atoms with Gasteiger partial charge in [-0.25, -0.2) is 9.97 Å². The summed E-state index contributed by atoms with van der Waals surface area (Å²) in [6.45, 7) is 9.42. The number of rotatable bonds is 3. The summed E-state index contributed by atoms with van der Waals surface area (Å²) in [5.41, 5.74) is 3.47. The lowest BCUT2D eigenvalue weighted by molar-refractivity contribution is 0.0706. The molecule has 0 bridgehead atoms. The Kier molecular flexibility index (Phi) is 5.79. The van der Waals surface area contributed by atoms with Gasteiger partial charge in [-0.2, -0.15) is 5.26 Å². The number of carbonyl (C=O) groups excluding carboxylic acids is 1. The second-order valence-corrected chi connectivity index (χ2v) is 9.35. The number of hydrogen-bond donors (Lipinski definition) is 0. The van der Waals surface area contributed by atoms with E-state index in [1.54, 1.807) is 24.3 Å². The number of benzene rings is 1. The number of nitriles is 1. The van der Waals surface area contributed by atoms with Crippen LogP contribution in [0.3, 0.4) is 0 Å². The van der Waals surface area contributed by atoms with E-state index in [2.05, 4.69) is 37.0 Å². The standard InChI is InChI=1S/C25H27N5O2/c1-16-12-21(32-29-16)20-14-27-24(25(2,3)4)28-22(20)19-6-5-11-30(15-19)23(31)18-9-7-17(13-26)8-10-18/h7-10,12,14,19H,5-6,11,15H2,1-4H3. The van der Waals surface area contributed by atoms with Crippen molar-refractivity contribution in [2.45, 2.75) is 51.9 Å². The minimum Gasteiger partial charge on any atom is -0.356 e. The highest BCUT2D eigenvalue weighted by molar-refractivity contribution is 5.94. The number of aryl methyl sites for hydroxylation is 1. The SMILES string of the molecule is Cc1cc(-c2cnc(C(C)(C)C)nc2C2CCCN(C(=O)c3ccc(C#N)cc3)C2)on1. The van der Waals surface area contributed by atoms with Crippen LogP contribution >= 0.6 is 0 Å². The third kappa shape index (κ3) is 4.40. The predicted molar refractivity (Wildman–Crippen MR) is 120 cm³/mol. The highest BCUT2D eigenvalue weighted by atomic mass is 16.5. The first-order valence-corrected chi connectivity index (χ1v) is 10.9. The number of amides is 1. The molecular formula is C25H27N5O2. The maximum absolute atomic E-state index is 13.1. The maximum Gasteiger partial charge on any atom is 0.253 e. The number of likely N-dealkylation sites (tertiary alicyclic amines) is 1. The molecule has 0 saturated carbocycles. The summed E-state index contributed by atoms with van der Waals surface area (Å²) in [4.78, 5) is 24.6. The zero-order valence-corrected chi connectivity index (χ0v) is 18.9. The second-order valence-electron chi connectivity index (χ2n) is 9.35. The molecule has 32 heavy (non-hydrogen) atoms. The van der Waals surface area contributed by atoms with Crippen LogP contribution in [0.4, 0.5) is 0 Å². The molecule has 1 unspecified atom stereocenters. The van der Waals surface area contributed by atoms with Crippen LogP contribution in [-0.2, 0) is 5.41 Å². The molecule has 164 valence electrons. The van der Waals surface area contributed by atoms with Crippen LogP contribution in [0.1, 0.15) is 72.7 Å². The molecule has 7 heteroatoms. The minimum absolute atomic E-state index is 0.0265. The summed E-state index contributed by atoms with van der Waals surface area (Å²) in [6.07, 6.45) is 3.64. The van der Waals surface area contributed by atoms with Gasteiger partial charge in [-0.1, -0.05) is 25.9 Å². The molecule has 1 fully saturated rings. The molecule has 1 saturated heterocycles. The van der Waals surface area contributed by atoms with E-state index in [0.717, 1.165) is 35.6 Å². The summed E-state index contributed by atoms with van der Waals surface area (Å²) in [7, 11) is 0. The van der Waals surface area contributed by atoms with Gasteiger partial charge in [0.15, 0.2) is 5.76 Å². The van der Waals surface area contributed by atoms with Crippen molar-refractivity contribution >= 4 is 5.91 Å². The molecule has 0 radical (unpaired) electrons. The molecule has 7 nitrogen and oxygen atoms in total. The molecule has 0 spiro atoms. The van der Waals surface area contributed by atoms with Crippen molar-refractivity contribution in [1.29, 1.82) is 5.26 Å². The van der Waals surface area contributed by atoms with E-state index in [9.17, 15) is 4.79 Å². The van der Waals surface area contributed by atoms with Crippen LogP contribution in [0.25, 0.3) is 11.3 Å². The van der Waals surface area contributed by atoms with Crippen LogP contribution in [0, 0.1) is 18.3 Å². The average molecular weight is 430 g/mol. The van der Waals surface area contributed by atoms with E-state index in [1.807, 2.05) is 24.1 Å². The first kappa shape index (κ1) is 21.7. The van der Waals surface area contributed by atoms with Crippen molar-refractivity contribution in [3.8, 4) is 17.4 Å². The van der Waals surface area contributed by atoms with Crippen molar-refractivity contribution in [2.75, 3.05) is 13.1 Å². The van der Waals surface area contributed by atoms with Crippen LogP contribution < -0.4 is 0 Å². The lowest BCUT2D eigenvalue weighted by atomic mass is 9.89. The Bertz CT molecular complexity index is 1170. The van der Waals surface area contributed by atoms with Gasteiger partial charge in [0.1, 0.15) is 5.82 Å². The second kappa shape index (κ2) is 8.54. The van der Waals surface area contributed by atoms with Crippen LogP contribution in [0.5, 0.6) is 0 Å². The highest BCUT2D eigenvalue weighted by Crippen LogP contribution is 2.35. The van der Waals surface area contributed by atoms with Gasteiger partial charge in [-0.05, 0) is 44.0 Å². The van der Waals surface area contributed by atoms with E-state index in [0.29, 0.717) is 30.0 Å². The van der Waals surface area contributed by atoms with E-state index >= 15 is 0 Å². The average Bonchev–Trinajstić information content (AvgIpc) is 3.24. The van der Waals surface area contributed by atoms with E-state index in [-0.39, 0.29) is 17.2 Å². The van der Waals surface area contributed by atoms with E-state index in [4.69, 9.17) is 14.8 Å². The van der Waals surface area contributed by atoms with Gasteiger partial charge in [-0.15, -0.1) is 0 Å². The van der Waals surface area contributed by atoms with Crippen molar-refractivity contribution in [3.05, 3.63) is 64.9 Å². The fourth-order valence-corrected chi connectivity index (χ4v) is 4.00. The zero-order chi connectivity index (χ0) is 22.9. The van der Waals surface area contributed by atoms with Gasteiger partial charge < -0.3 is 9.42 Å². The monoisotopic (exact) mass is 429 g/mol. The molecule has 1 aromatic carbocycles. The Morgan fingerprint density at radius 2 is 2.00 bits per heavy atom. The smallest absolute Gasteiger partial charge is 0.253 e. The molecule has 1 amide bonds. The molecule has 2 aromatic heterocycles. The largest absolute Gasteiger partial charge is 0.356 e. The molecule has 4 rings (SSSR count). The van der Waals surface area contributed by atoms with Crippen LogP contribution in [-0.4, -0.2) is 39.0 Å².